The minimum atomic E-state index is -4.55. The first-order valence-electron chi connectivity index (χ1n) is 12.8. The maximum atomic E-state index is 12.9. The van der Waals surface area contributed by atoms with Crippen LogP contribution in [0.1, 0.15) is 40.9 Å². The third kappa shape index (κ3) is 5.98. The number of rotatable bonds is 7. The van der Waals surface area contributed by atoms with Crippen molar-refractivity contribution in [1.29, 1.82) is 0 Å². The lowest BCUT2D eigenvalue weighted by Crippen LogP contribution is -2.52. The molecule has 5 rings (SSSR count). The number of imide groups is 1. The summed E-state index contributed by atoms with van der Waals surface area (Å²) in [4.78, 5) is 47.7. The minimum absolute atomic E-state index is 0.119. The number of carbonyl (C=O) groups is 3. The van der Waals surface area contributed by atoms with Gasteiger partial charge in [-0.05, 0) is 60.5 Å². The standard InChI is InChI=1S/C27H27F3N6O4/c28-27(29,30)23-10-18(5-7-32-23)33-12-16(11-31)13-35-8-6-20(15-35)40-19-1-2-21-17(9-19)14-36(26(21)39)22-3-4-24(37)34-25(22)38/h1-2,5,7,9-12,20,22H,3-4,6,8,13-15,31H2,(H,34,37,38)/b16-11+,33-12?/t20-,22?/m0/s1. The van der Waals surface area contributed by atoms with Crippen molar-refractivity contribution in [3.8, 4) is 5.75 Å². The van der Waals surface area contributed by atoms with E-state index in [2.05, 4.69) is 20.2 Å². The van der Waals surface area contributed by atoms with Crippen molar-refractivity contribution in [3.05, 3.63) is 65.1 Å². The highest BCUT2D eigenvalue weighted by molar-refractivity contribution is 6.05. The number of piperidine rings is 1. The van der Waals surface area contributed by atoms with Gasteiger partial charge in [-0.3, -0.25) is 34.6 Å². The Bertz CT molecular complexity index is 1390. The Balaban J connectivity index is 1.16. The summed E-state index contributed by atoms with van der Waals surface area (Å²) in [6.07, 6.45) is 0.435. The van der Waals surface area contributed by atoms with Gasteiger partial charge in [-0.25, -0.2) is 0 Å². The number of aliphatic imine (C=N–C) groups is 1. The van der Waals surface area contributed by atoms with Gasteiger partial charge in [0.2, 0.25) is 11.8 Å². The van der Waals surface area contributed by atoms with Crippen molar-refractivity contribution in [3.63, 3.8) is 0 Å². The molecule has 1 unspecified atom stereocenters. The van der Waals surface area contributed by atoms with E-state index in [0.717, 1.165) is 30.8 Å². The van der Waals surface area contributed by atoms with Crippen LogP contribution in [0.15, 0.2) is 53.3 Å². The molecule has 13 heteroatoms. The fourth-order valence-electron chi connectivity index (χ4n) is 5.06. The van der Waals surface area contributed by atoms with Gasteiger partial charge in [-0.1, -0.05) is 0 Å². The van der Waals surface area contributed by atoms with Crippen LogP contribution in [0.5, 0.6) is 5.75 Å². The van der Waals surface area contributed by atoms with E-state index < -0.39 is 23.8 Å². The number of hydrogen-bond donors (Lipinski definition) is 2. The zero-order valence-electron chi connectivity index (χ0n) is 21.4. The molecule has 0 aliphatic carbocycles. The predicted octanol–water partition coefficient (Wildman–Crippen LogP) is 2.56. The zero-order valence-corrected chi connectivity index (χ0v) is 21.4. The van der Waals surface area contributed by atoms with Crippen LogP contribution in [-0.2, 0) is 22.3 Å². The molecule has 3 aliphatic rings. The number of nitrogens with zero attached hydrogens (tertiary/aromatic N) is 4. The summed E-state index contributed by atoms with van der Waals surface area (Å²) >= 11 is 0. The van der Waals surface area contributed by atoms with E-state index in [4.69, 9.17) is 10.5 Å². The van der Waals surface area contributed by atoms with Crippen molar-refractivity contribution < 1.29 is 32.3 Å². The zero-order chi connectivity index (χ0) is 28.4. The van der Waals surface area contributed by atoms with E-state index >= 15 is 0 Å². The molecule has 3 aliphatic heterocycles. The van der Waals surface area contributed by atoms with Crippen LogP contribution in [0, 0.1) is 0 Å². The number of nitrogens with two attached hydrogens (primary N) is 1. The summed E-state index contributed by atoms with van der Waals surface area (Å²) in [5.41, 5.74) is 6.75. The molecule has 4 heterocycles. The summed E-state index contributed by atoms with van der Waals surface area (Å²) in [6.45, 7) is 2.02. The summed E-state index contributed by atoms with van der Waals surface area (Å²) in [5, 5.41) is 2.29. The lowest BCUT2D eigenvalue weighted by Gasteiger charge is -2.29. The number of carbonyl (C=O) groups excluding carboxylic acids is 3. The summed E-state index contributed by atoms with van der Waals surface area (Å²) in [7, 11) is 0. The van der Waals surface area contributed by atoms with E-state index in [1.807, 2.05) is 6.07 Å². The lowest BCUT2D eigenvalue weighted by molar-refractivity contribution is -0.141. The summed E-state index contributed by atoms with van der Waals surface area (Å²) in [5.74, 6) is -0.422. The molecule has 0 radical (unpaired) electrons. The quantitative estimate of drug-likeness (QED) is 0.396. The molecule has 3 amide bonds. The van der Waals surface area contributed by atoms with Crippen LogP contribution in [0.2, 0.25) is 0 Å². The highest BCUT2D eigenvalue weighted by atomic mass is 19.4. The molecular weight excluding hydrogens is 529 g/mol. The number of benzene rings is 1. The SMILES string of the molecule is N/C=C(\C=Nc1ccnc(C(F)(F)F)c1)CN1CC[C@H](Oc2ccc3c(c2)CN(C2CCC(=O)NC2=O)C3=O)C1. The maximum Gasteiger partial charge on any atom is 0.433 e. The van der Waals surface area contributed by atoms with Crippen LogP contribution < -0.4 is 15.8 Å². The van der Waals surface area contributed by atoms with E-state index in [1.54, 1.807) is 12.1 Å². The number of likely N-dealkylation sites (tertiary alicyclic amines) is 1. The molecule has 40 heavy (non-hydrogen) atoms. The molecule has 0 bridgehead atoms. The Hall–Kier alpha value is -4.26. The summed E-state index contributed by atoms with van der Waals surface area (Å²) < 4.78 is 44.9. The highest BCUT2D eigenvalue weighted by Crippen LogP contribution is 2.32. The van der Waals surface area contributed by atoms with Gasteiger partial charge >= 0.3 is 6.18 Å². The Morgan fingerprint density at radius 2 is 2.02 bits per heavy atom. The van der Waals surface area contributed by atoms with Gasteiger partial charge < -0.3 is 15.4 Å². The Kier molecular flexibility index (Phi) is 7.57. The van der Waals surface area contributed by atoms with Gasteiger partial charge in [-0.15, -0.1) is 0 Å². The van der Waals surface area contributed by atoms with E-state index in [-0.39, 0.29) is 36.6 Å². The Morgan fingerprint density at radius 1 is 1.20 bits per heavy atom. The minimum Gasteiger partial charge on any atom is -0.489 e. The van der Waals surface area contributed by atoms with Gasteiger partial charge in [0.05, 0.1) is 5.69 Å². The number of aromatic nitrogens is 1. The van der Waals surface area contributed by atoms with Crippen molar-refractivity contribution in [2.24, 2.45) is 10.7 Å². The fraction of sp³-hybridized carbons (Fsp3) is 0.370. The normalized spacial score (nSPS) is 22.2. The first kappa shape index (κ1) is 27.3. The Labute approximate surface area is 227 Å². The average Bonchev–Trinajstić information content (AvgIpc) is 3.49. The van der Waals surface area contributed by atoms with Crippen molar-refractivity contribution in [2.75, 3.05) is 19.6 Å². The smallest absolute Gasteiger partial charge is 0.433 e. The number of hydrogen-bond acceptors (Lipinski definition) is 8. The lowest BCUT2D eigenvalue weighted by atomic mass is 10.0. The molecule has 10 nitrogen and oxygen atoms in total. The van der Waals surface area contributed by atoms with Crippen molar-refractivity contribution in [2.45, 2.75) is 44.1 Å². The molecule has 1 aromatic carbocycles. The molecule has 0 saturated carbocycles. The molecular formula is C27H27F3N6O4. The molecule has 2 aromatic rings. The van der Waals surface area contributed by atoms with Crippen LogP contribution in [0.25, 0.3) is 0 Å². The first-order chi connectivity index (χ1) is 19.1. The van der Waals surface area contributed by atoms with Crippen LogP contribution in [-0.4, -0.2) is 70.5 Å². The molecule has 210 valence electrons. The van der Waals surface area contributed by atoms with Gasteiger partial charge in [0.1, 0.15) is 23.6 Å². The first-order valence-corrected chi connectivity index (χ1v) is 12.8. The van der Waals surface area contributed by atoms with Gasteiger partial charge in [0.25, 0.3) is 5.91 Å². The number of pyridine rings is 1. The highest BCUT2D eigenvalue weighted by Gasteiger charge is 2.39. The second-order valence-corrected chi connectivity index (χ2v) is 9.88. The molecule has 0 spiro atoms. The van der Waals surface area contributed by atoms with Crippen LogP contribution in [0.4, 0.5) is 18.9 Å². The number of alkyl halides is 3. The van der Waals surface area contributed by atoms with Crippen LogP contribution in [0.3, 0.4) is 0 Å². The number of halogens is 3. The number of amides is 3. The topological polar surface area (TPSA) is 130 Å². The van der Waals surface area contributed by atoms with Gasteiger partial charge in [-0.2, -0.15) is 13.2 Å². The monoisotopic (exact) mass is 556 g/mol. The maximum absolute atomic E-state index is 12.9. The molecule has 3 N–H and O–H groups in total. The van der Waals surface area contributed by atoms with Gasteiger partial charge in [0, 0.05) is 50.6 Å². The fourth-order valence-corrected chi connectivity index (χ4v) is 5.06. The molecule has 2 fully saturated rings. The third-order valence-corrected chi connectivity index (χ3v) is 7.06. The van der Waals surface area contributed by atoms with Gasteiger partial charge in [0.15, 0.2) is 0 Å². The summed E-state index contributed by atoms with van der Waals surface area (Å²) in [6, 6.07) is 6.81. The van der Waals surface area contributed by atoms with E-state index in [0.29, 0.717) is 36.4 Å². The number of ether oxygens (including phenoxy) is 1. The van der Waals surface area contributed by atoms with Crippen LogP contribution >= 0.6 is 0 Å². The van der Waals surface area contributed by atoms with Crippen molar-refractivity contribution in [1.82, 2.24) is 20.1 Å². The predicted molar refractivity (Wildman–Crippen MR) is 138 cm³/mol. The molecule has 2 saturated heterocycles. The van der Waals surface area contributed by atoms with E-state index in [9.17, 15) is 27.6 Å². The largest absolute Gasteiger partial charge is 0.489 e. The second-order valence-electron chi connectivity index (χ2n) is 9.88. The average molecular weight is 557 g/mol. The number of nitrogens with one attached hydrogen (secondary N) is 1. The third-order valence-electron chi connectivity index (χ3n) is 7.06. The molecule has 1 aromatic heterocycles. The molecule has 2 atom stereocenters. The van der Waals surface area contributed by atoms with Crippen molar-refractivity contribution >= 4 is 29.6 Å². The number of fused-ring (bicyclic) bond motifs is 1. The second kappa shape index (κ2) is 11.1. The Morgan fingerprint density at radius 3 is 2.77 bits per heavy atom. The van der Waals surface area contributed by atoms with E-state index in [1.165, 1.54) is 23.4 Å².